The van der Waals surface area contributed by atoms with Crippen molar-refractivity contribution in [3.63, 3.8) is 0 Å². The summed E-state index contributed by atoms with van der Waals surface area (Å²) in [5.41, 5.74) is 2.20. The number of carbonyl (C=O) groups excluding carboxylic acids is 1. The van der Waals surface area contributed by atoms with Crippen molar-refractivity contribution < 1.29 is 14.7 Å². The monoisotopic (exact) mass is 319 g/mol. The minimum atomic E-state index is -0.780. The van der Waals surface area contributed by atoms with E-state index in [9.17, 15) is 9.59 Å². The van der Waals surface area contributed by atoms with E-state index in [1.807, 2.05) is 12.3 Å². The highest BCUT2D eigenvalue weighted by Crippen LogP contribution is 2.26. The largest absolute Gasteiger partial charge is 0.481 e. The number of amides is 1. The molecule has 0 spiro atoms. The molecule has 3 N–H and O–H groups in total. The first kappa shape index (κ1) is 14.8. The van der Waals surface area contributed by atoms with Crippen LogP contribution in [0, 0.1) is 12.8 Å². The van der Waals surface area contributed by atoms with Crippen LogP contribution in [0.25, 0.3) is 11.3 Å². The second kappa shape index (κ2) is 5.92. The zero-order valence-corrected chi connectivity index (χ0v) is 12.9. The molecule has 22 heavy (non-hydrogen) atoms. The van der Waals surface area contributed by atoms with Crippen LogP contribution < -0.4 is 5.32 Å². The average Bonchev–Trinajstić information content (AvgIpc) is 3.16. The number of aryl methyl sites for hydroxylation is 1. The molecule has 1 aliphatic rings. The van der Waals surface area contributed by atoms with E-state index < -0.39 is 5.97 Å². The van der Waals surface area contributed by atoms with Crippen molar-refractivity contribution in [2.75, 3.05) is 0 Å². The Kier molecular flexibility index (Phi) is 3.98. The van der Waals surface area contributed by atoms with E-state index in [-0.39, 0.29) is 17.9 Å². The minimum Gasteiger partial charge on any atom is -0.481 e. The topological polar surface area (TPSA) is 95.1 Å². The van der Waals surface area contributed by atoms with Gasteiger partial charge in [-0.3, -0.25) is 9.59 Å². The molecule has 116 valence electrons. The molecule has 6 nitrogen and oxygen atoms in total. The first-order chi connectivity index (χ1) is 10.5. The van der Waals surface area contributed by atoms with Crippen LogP contribution in [0.15, 0.2) is 17.6 Å². The molecule has 2 heterocycles. The molecule has 0 aromatic carbocycles. The summed E-state index contributed by atoms with van der Waals surface area (Å²) in [4.78, 5) is 30.5. The highest BCUT2D eigenvalue weighted by atomic mass is 32.1. The third-order valence-corrected chi connectivity index (χ3v) is 4.73. The Morgan fingerprint density at radius 1 is 1.45 bits per heavy atom. The summed E-state index contributed by atoms with van der Waals surface area (Å²) >= 11 is 1.56. The maximum atomic E-state index is 12.2. The van der Waals surface area contributed by atoms with Crippen LogP contribution in [0.4, 0.5) is 0 Å². The van der Waals surface area contributed by atoms with Gasteiger partial charge in [-0.2, -0.15) is 0 Å². The van der Waals surface area contributed by atoms with Gasteiger partial charge in [-0.25, -0.2) is 4.98 Å². The van der Waals surface area contributed by atoms with Crippen LogP contribution in [-0.2, 0) is 4.79 Å². The fourth-order valence-electron chi connectivity index (χ4n) is 2.77. The van der Waals surface area contributed by atoms with E-state index in [4.69, 9.17) is 5.11 Å². The normalized spacial score (nSPS) is 21.0. The molecule has 1 amide bonds. The molecule has 0 radical (unpaired) electrons. The highest BCUT2D eigenvalue weighted by Gasteiger charge is 2.30. The van der Waals surface area contributed by atoms with Gasteiger partial charge < -0.3 is 15.4 Å². The molecule has 0 bridgehead atoms. The van der Waals surface area contributed by atoms with Crippen molar-refractivity contribution in [1.82, 2.24) is 15.3 Å². The summed E-state index contributed by atoms with van der Waals surface area (Å²) in [6.45, 7) is 1.94. The highest BCUT2D eigenvalue weighted by molar-refractivity contribution is 7.09. The van der Waals surface area contributed by atoms with E-state index in [1.165, 1.54) is 0 Å². The maximum absolute atomic E-state index is 12.2. The van der Waals surface area contributed by atoms with Crippen LogP contribution in [0.5, 0.6) is 0 Å². The number of aromatic amines is 1. The van der Waals surface area contributed by atoms with Gasteiger partial charge in [-0.15, -0.1) is 11.3 Å². The van der Waals surface area contributed by atoms with Gasteiger partial charge in [0.25, 0.3) is 5.91 Å². The molecule has 1 fully saturated rings. The average molecular weight is 319 g/mol. The first-order valence-electron chi connectivity index (χ1n) is 7.17. The van der Waals surface area contributed by atoms with Crippen LogP contribution in [-0.4, -0.2) is 33.0 Å². The maximum Gasteiger partial charge on any atom is 0.306 e. The van der Waals surface area contributed by atoms with Gasteiger partial charge in [0.15, 0.2) is 0 Å². The number of nitrogens with zero attached hydrogens (tertiary/aromatic N) is 1. The lowest BCUT2D eigenvalue weighted by Crippen LogP contribution is -2.33. The van der Waals surface area contributed by atoms with E-state index in [1.54, 1.807) is 23.6 Å². The number of H-pyrrole nitrogens is 1. The van der Waals surface area contributed by atoms with Crippen molar-refractivity contribution in [1.29, 1.82) is 0 Å². The van der Waals surface area contributed by atoms with Gasteiger partial charge in [-0.1, -0.05) is 0 Å². The van der Waals surface area contributed by atoms with Crippen molar-refractivity contribution in [2.24, 2.45) is 5.92 Å². The van der Waals surface area contributed by atoms with E-state index in [0.717, 1.165) is 16.3 Å². The fraction of sp³-hybridized carbons (Fsp3) is 0.400. The molecule has 1 aliphatic carbocycles. The Hall–Kier alpha value is -2.15. The number of carboxylic acid groups (broad SMARTS) is 1. The fourth-order valence-corrected chi connectivity index (χ4v) is 3.39. The number of carbonyl (C=O) groups is 2. The summed E-state index contributed by atoms with van der Waals surface area (Å²) in [5.74, 6) is -1.32. The molecule has 2 aromatic rings. The number of thiazole rings is 1. The zero-order valence-electron chi connectivity index (χ0n) is 12.1. The zero-order chi connectivity index (χ0) is 15.7. The lowest BCUT2D eigenvalue weighted by molar-refractivity contribution is -0.141. The predicted molar refractivity (Wildman–Crippen MR) is 82.9 cm³/mol. The quantitative estimate of drug-likeness (QED) is 0.806. The second-order valence-corrected chi connectivity index (χ2v) is 6.63. The first-order valence-corrected chi connectivity index (χ1v) is 8.05. The smallest absolute Gasteiger partial charge is 0.306 e. The third-order valence-electron chi connectivity index (χ3n) is 3.96. The lowest BCUT2D eigenvalue weighted by atomic mass is 10.1. The second-order valence-electron chi connectivity index (χ2n) is 5.57. The summed E-state index contributed by atoms with van der Waals surface area (Å²) in [7, 11) is 0. The van der Waals surface area contributed by atoms with Crippen LogP contribution in [0.2, 0.25) is 0 Å². The summed E-state index contributed by atoms with van der Waals surface area (Å²) in [6.07, 6.45) is 3.59. The van der Waals surface area contributed by atoms with Gasteiger partial charge in [0.1, 0.15) is 5.69 Å². The molecule has 2 atom stereocenters. The number of rotatable bonds is 4. The summed E-state index contributed by atoms with van der Waals surface area (Å²) in [5, 5.41) is 14.8. The van der Waals surface area contributed by atoms with Gasteiger partial charge in [0.05, 0.1) is 16.6 Å². The number of carboxylic acids is 1. The number of hydrogen-bond donors (Lipinski definition) is 3. The Bertz CT molecular complexity index is 706. The minimum absolute atomic E-state index is 0.0677. The Balaban J connectivity index is 1.64. The standard InChI is InChI=1S/C15H17N3O3S/c1-8-17-13(7-22-8)10-5-12(16-6-10)14(19)18-11-3-2-9(4-11)15(20)21/h5-7,9,11,16H,2-4H2,1H3,(H,18,19)(H,20,21)/t9-,11+/m1/s1. The van der Waals surface area contributed by atoms with Crippen molar-refractivity contribution >= 4 is 23.2 Å². The molecule has 3 rings (SSSR count). The predicted octanol–water partition coefficient (Wildman–Crippen LogP) is 2.43. The van der Waals surface area contributed by atoms with E-state index >= 15 is 0 Å². The molecule has 1 saturated carbocycles. The van der Waals surface area contributed by atoms with Crippen molar-refractivity contribution in [2.45, 2.75) is 32.2 Å². The third kappa shape index (κ3) is 3.04. The van der Waals surface area contributed by atoms with E-state index in [0.29, 0.717) is 25.0 Å². The van der Waals surface area contributed by atoms with Gasteiger partial charge >= 0.3 is 5.97 Å². The number of nitrogens with one attached hydrogen (secondary N) is 2. The van der Waals surface area contributed by atoms with Crippen LogP contribution >= 0.6 is 11.3 Å². The van der Waals surface area contributed by atoms with Crippen molar-refractivity contribution in [3.05, 3.63) is 28.3 Å². The van der Waals surface area contributed by atoms with Gasteiger partial charge in [0.2, 0.25) is 0 Å². The van der Waals surface area contributed by atoms with Crippen LogP contribution in [0.3, 0.4) is 0 Å². The Labute approximate surface area is 131 Å². The Morgan fingerprint density at radius 2 is 2.27 bits per heavy atom. The Morgan fingerprint density at radius 3 is 2.91 bits per heavy atom. The number of aromatic nitrogens is 2. The molecule has 0 saturated heterocycles. The molecular weight excluding hydrogens is 302 g/mol. The number of aliphatic carboxylic acids is 1. The van der Waals surface area contributed by atoms with Gasteiger partial charge in [-0.05, 0) is 32.3 Å². The van der Waals surface area contributed by atoms with Gasteiger partial charge in [0, 0.05) is 23.2 Å². The lowest BCUT2D eigenvalue weighted by Gasteiger charge is -2.11. The molecular formula is C15H17N3O3S. The molecule has 0 aliphatic heterocycles. The molecule has 7 heteroatoms. The number of hydrogen-bond acceptors (Lipinski definition) is 4. The summed E-state index contributed by atoms with van der Waals surface area (Å²) < 4.78 is 0. The van der Waals surface area contributed by atoms with Crippen molar-refractivity contribution in [3.8, 4) is 11.3 Å². The van der Waals surface area contributed by atoms with Crippen LogP contribution in [0.1, 0.15) is 34.8 Å². The molecule has 2 aromatic heterocycles. The summed E-state index contributed by atoms with van der Waals surface area (Å²) in [6, 6.07) is 1.70. The molecule has 0 unspecified atom stereocenters. The van der Waals surface area contributed by atoms with E-state index in [2.05, 4.69) is 15.3 Å². The SMILES string of the molecule is Cc1nc(-c2c[nH]c(C(=O)N[C@H]3CC[C@@H](C(=O)O)C3)c2)cs1.